The Morgan fingerprint density at radius 3 is 1.11 bits per heavy atom. The first-order chi connectivity index (χ1) is 22.0. The van der Waals surface area contributed by atoms with Crippen LogP contribution in [0, 0.1) is 0 Å². The molecule has 7 nitrogen and oxygen atoms in total. The van der Waals surface area contributed by atoms with Gasteiger partial charge in [-0.3, -0.25) is 0 Å². The van der Waals surface area contributed by atoms with Crippen molar-refractivity contribution >= 4 is 19.4 Å². The molecule has 0 aliphatic heterocycles. The van der Waals surface area contributed by atoms with Gasteiger partial charge in [-0.15, -0.1) is 0 Å². The molecule has 0 spiro atoms. The van der Waals surface area contributed by atoms with Crippen molar-refractivity contribution < 1.29 is 32.3 Å². The highest BCUT2D eigenvalue weighted by molar-refractivity contribution is 7.49. The first-order valence-electron chi connectivity index (χ1n) is 13.9. The van der Waals surface area contributed by atoms with Crippen LogP contribution < -0.4 is 27.8 Å². The Hall–Kier alpha value is -5.36. The van der Waals surface area contributed by atoms with E-state index in [4.69, 9.17) is 39.4 Å². The fourth-order valence-corrected chi connectivity index (χ4v) is 5.60. The minimum absolute atomic E-state index is 0.0773. The van der Waals surface area contributed by atoms with Crippen LogP contribution in [0.25, 0.3) is 0 Å². The molecule has 0 atom stereocenters. The third-order valence-corrected chi connectivity index (χ3v) is 7.72. The van der Waals surface area contributed by atoms with E-state index in [1.807, 2.05) is 91.0 Å². The summed E-state index contributed by atoms with van der Waals surface area (Å²) in [7, 11) is -4.36. The molecule has 0 aromatic heterocycles. The molecule has 0 unspecified atom stereocenters. The molecule has 0 N–H and O–H groups in total. The van der Waals surface area contributed by atoms with Crippen LogP contribution in [0.5, 0.6) is 51.7 Å². The highest BCUT2D eigenvalue weighted by atomic mass is 35.5. The van der Waals surface area contributed by atoms with Crippen molar-refractivity contribution in [2.45, 2.75) is 0 Å². The van der Waals surface area contributed by atoms with E-state index in [9.17, 15) is 4.57 Å². The van der Waals surface area contributed by atoms with Gasteiger partial charge in [-0.1, -0.05) is 66.2 Å². The predicted molar refractivity (Wildman–Crippen MR) is 173 cm³/mol. The standard InChI is InChI=1S/C36H26ClO7P/c37-35-26-34(41-29-14-8-3-9-15-29)24-25-36(35)44-45(38,42-32-20-16-30(17-21-32)39-27-10-4-1-5-11-27)43-33-22-18-31(19-23-33)40-28-12-6-2-7-13-28/h1-26H. The van der Waals surface area contributed by atoms with Gasteiger partial charge in [0.1, 0.15) is 46.0 Å². The molecular weight excluding hydrogens is 611 g/mol. The maximum atomic E-state index is 14.2. The molecule has 224 valence electrons. The number of phosphoric acid groups is 1. The van der Waals surface area contributed by atoms with Gasteiger partial charge in [-0.25, -0.2) is 0 Å². The Labute approximate surface area is 265 Å². The topological polar surface area (TPSA) is 72.5 Å². The molecule has 0 amide bonds. The summed E-state index contributed by atoms with van der Waals surface area (Å²) in [4.78, 5) is 0. The van der Waals surface area contributed by atoms with Gasteiger partial charge in [-0.2, -0.15) is 4.57 Å². The first kappa shape index (κ1) is 29.7. The number of hydrogen-bond acceptors (Lipinski definition) is 7. The van der Waals surface area contributed by atoms with E-state index in [0.717, 1.165) is 0 Å². The van der Waals surface area contributed by atoms with E-state index >= 15 is 0 Å². The Morgan fingerprint density at radius 1 is 0.378 bits per heavy atom. The van der Waals surface area contributed by atoms with Crippen molar-refractivity contribution in [3.8, 4) is 51.7 Å². The Balaban J connectivity index is 1.22. The third kappa shape index (κ3) is 8.39. The average Bonchev–Trinajstić information content (AvgIpc) is 3.06. The van der Waals surface area contributed by atoms with E-state index in [1.165, 1.54) is 6.07 Å². The van der Waals surface area contributed by atoms with Crippen LogP contribution in [0.2, 0.25) is 5.02 Å². The van der Waals surface area contributed by atoms with Crippen LogP contribution >= 0.6 is 19.4 Å². The summed E-state index contributed by atoms with van der Waals surface area (Å²) in [5, 5.41) is 0.147. The predicted octanol–water partition coefficient (Wildman–Crippen LogP) is 11.4. The maximum absolute atomic E-state index is 14.2. The molecule has 0 aliphatic carbocycles. The lowest BCUT2D eigenvalue weighted by Gasteiger charge is -2.20. The van der Waals surface area contributed by atoms with E-state index in [1.54, 1.807) is 60.7 Å². The molecule has 9 heteroatoms. The van der Waals surface area contributed by atoms with Gasteiger partial charge in [-0.05, 0) is 97.1 Å². The summed E-state index contributed by atoms with van der Waals surface area (Å²) in [5.74, 6) is 4.12. The van der Waals surface area contributed by atoms with Crippen molar-refractivity contribution in [3.63, 3.8) is 0 Å². The van der Waals surface area contributed by atoms with Crippen molar-refractivity contribution in [2.24, 2.45) is 0 Å². The highest BCUT2D eigenvalue weighted by Crippen LogP contribution is 2.52. The molecule has 6 aromatic carbocycles. The molecule has 0 fully saturated rings. The van der Waals surface area contributed by atoms with Gasteiger partial charge in [0.2, 0.25) is 0 Å². The monoisotopic (exact) mass is 636 g/mol. The molecule has 0 heterocycles. The quantitative estimate of drug-likeness (QED) is 0.124. The van der Waals surface area contributed by atoms with Gasteiger partial charge >= 0.3 is 7.82 Å². The number of benzene rings is 6. The van der Waals surface area contributed by atoms with Gasteiger partial charge in [0.05, 0.1) is 5.02 Å². The molecule has 45 heavy (non-hydrogen) atoms. The summed E-state index contributed by atoms with van der Waals surface area (Å²) < 4.78 is 49.3. The van der Waals surface area contributed by atoms with E-state index in [2.05, 4.69) is 0 Å². The van der Waals surface area contributed by atoms with Crippen LogP contribution in [0.1, 0.15) is 0 Å². The van der Waals surface area contributed by atoms with Crippen LogP contribution in [0.3, 0.4) is 0 Å². The van der Waals surface area contributed by atoms with Gasteiger partial charge in [0.15, 0.2) is 5.75 Å². The second-order valence-electron chi connectivity index (χ2n) is 9.50. The molecule has 0 radical (unpaired) electrons. The number of hydrogen-bond donors (Lipinski definition) is 0. The minimum Gasteiger partial charge on any atom is -0.457 e. The lowest BCUT2D eigenvalue weighted by molar-refractivity contribution is 0.298. The number of phosphoric ester groups is 1. The molecule has 0 saturated heterocycles. The second-order valence-corrected chi connectivity index (χ2v) is 11.4. The van der Waals surface area contributed by atoms with Crippen molar-refractivity contribution in [3.05, 3.63) is 163 Å². The zero-order valence-electron chi connectivity index (χ0n) is 23.7. The Bertz CT molecular complexity index is 1780. The Kier molecular flexibility index (Phi) is 9.21. The van der Waals surface area contributed by atoms with Crippen LogP contribution in [0.15, 0.2) is 158 Å². The van der Waals surface area contributed by atoms with Crippen molar-refractivity contribution in [1.29, 1.82) is 0 Å². The molecule has 0 bridgehead atoms. The van der Waals surface area contributed by atoms with Crippen molar-refractivity contribution in [1.82, 2.24) is 0 Å². The SMILES string of the molecule is O=P(Oc1ccc(Oc2ccccc2)cc1)(Oc1ccc(Oc2ccccc2)cc1)Oc1ccc(Oc2ccccc2)cc1Cl. The van der Waals surface area contributed by atoms with E-state index in [0.29, 0.717) is 34.5 Å². The molecule has 0 aliphatic rings. The fraction of sp³-hybridized carbons (Fsp3) is 0. The third-order valence-electron chi connectivity index (χ3n) is 6.13. The number of rotatable bonds is 12. The minimum atomic E-state index is -4.36. The van der Waals surface area contributed by atoms with Gasteiger partial charge < -0.3 is 27.8 Å². The Morgan fingerprint density at radius 2 is 0.711 bits per heavy atom. The van der Waals surface area contributed by atoms with Crippen molar-refractivity contribution in [2.75, 3.05) is 0 Å². The largest absolute Gasteiger partial charge is 0.647 e. The number of para-hydroxylation sites is 3. The summed E-state index contributed by atoms with van der Waals surface area (Å²) in [6.45, 7) is 0. The zero-order valence-corrected chi connectivity index (χ0v) is 25.3. The van der Waals surface area contributed by atoms with E-state index in [-0.39, 0.29) is 22.3 Å². The lowest BCUT2D eigenvalue weighted by Crippen LogP contribution is -2.08. The second kappa shape index (κ2) is 14.0. The zero-order chi connectivity index (χ0) is 30.9. The van der Waals surface area contributed by atoms with Crippen LogP contribution in [-0.2, 0) is 4.57 Å². The summed E-state index contributed by atoms with van der Waals surface area (Å²) in [5.41, 5.74) is 0. The first-order valence-corrected chi connectivity index (χ1v) is 15.7. The van der Waals surface area contributed by atoms with Crippen LogP contribution in [-0.4, -0.2) is 0 Å². The normalized spacial score (nSPS) is 10.9. The number of halogens is 1. The summed E-state index contributed by atoms with van der Waals surface area (Å²) >= 11 is 6.53. The summed E-state index contributed by atoms with van der Waals surface area (Å²) in [6, 6.07) is 45.8. The molecular formula is C36H26ClO7P. The van der Waals surface area contributed by atoms with Gasteiger partial charge in [0.25, 0.3) is 0 Å². The number of ether oxygens (including phenoxy) is 3. The molecule has 0 saturated carbocycles. The fourth-order valence-electron chi connectivity index (χ4n) is 4.06. The summed E-state index contributed by atoms with van der Waals surface area (Å²) in [6.07, 6.45) is 0. The lowest BCUT2D eigenvalue weighted by atomic mass is 10.3. The van der Waals surface area contributed by atoms with Gasteiger partial charge in [0, 0.05) is 6.07 Å². The maximum Gasteiger partial charge on any atom is 0.647 e. The van der Waals surface area contributed by atoms with E-state index < -0.39 is 7.82 Å². The highest BCUT2D eigenvalue weighted by Gasteiger charge is 2.34. The smallest absolute Gasteiger partial charge is 0.457 e. The molecule has 6 aromatic rings. The average molecular weight is 637 g/mol. The van der Waals surface area contributed by atoms with Crippen LogP contribution in [0.4, 0.5) is 0 Å². The molecule has 6 rings (SSSR count).